The van der Waals surface area contributed by atoms with E-state index in [1.54, 1.807) is 19.1 Å². The van der Waals surface area contributed by atoms with Crippen molar-refractivity contribution >= 4 is 22.5 Å². The van der Waals surface area contributed by atoms with E-state index in [-0.39, 0.29) is 6.03 Å². The van der Waals surface area contributed by atoms with Crippen molar-refractivity contribution in [2.24, 2.45) is 0 Å². The highest BCUT2D eigenvalue weighted by Gasteiger charge is 2.14. The minimum Gasteiger partial charge on any atom is -0.383 e. The summed E-state index contributed by atoms with van der Waals surface area (Å²) < 4.78 is 10.1. The first-order chi connectivity index (χ1) is 10.8. The number of ether oxygens (including phenoxy) is 2. The Morgan fingerprint density at radius 3 is 2.32 bits per heavy atom. The van der Waals surface area contributed by atoms with Gasteiger partial charge in [-0.05, 0) is 11.5 Å². The van der Waals surface area contributed by atoms with Crippen LogP contribution in [-0.4, -0.2) is 51.5 Å². The predicted molar refractivity (Wildman–Crippen MR) is 88.3 cm³/mol. The van der Waals surface area contributed by atoms with Crippen molar-refractivity contribution in [3.63, 3.8) is 0 Å². The normalized spacial score (nSPS) is 10.6. The number of nitrogens with one attached hydrogen (secondary N) is 1. The molecular weight excluding hydrogens is 280 g/mol. The summed E-state index contributed by atoms with van der Waals surface area (Å²) in [5.74, 6) is 0. The van der Waals surface area contributed by atoms with Crippen LogP contribution in [0.2, 0.25) is 0 Å². The van der Waals surface area contributed by atoms with Gasteiger partial charge in [-0.1, -0.05) is 36.4 Å². The molecule has 0 saturated carbocycles. The van der Waals surface area contributed by atoms with Gasteiger partial charge < -0.3 is 19.7 Å². The maximum atomic E-state index is 12.5. The minimum atomic E-state index is -0.148. The van der Waals surface area contributed by atoms with Crippen molar-refractivity contribution in [3.05, 3.63) is 42.5 Å². The Morgan fingerprint density at radius 2 is 1.64 bits per heavy atom. The zero-order valence-corrected chi connectivity index (χ0v) is 13.0. The Hall–Kier alpha value is -2.11. The lowest BCUT2D eigenvalue weighted by Crippen LogP contribution is -2.39. The lowest BCUT2D eigenvalue weighted by Gasteiger charge is -2.23. The van der Waals surface area contributed by atoms with Gasteiger partial charge in [0.15, 0.2) is 0 Å². The van der Waals surface area contributed by atoms with Gasteiger partial charge >= 0.3 is 6.03 Å². The van der Waals surface area contributed by atoms with Gasteiger partial charge in [-0.25, -0.2) is 4.79 Å². The minimum absolute atomic E-state index is 0.148. The summed E-state index contributed by atoms with van der Waals surface area (Å²) >= 11 is 0. The average Bonchev–Trinajstić information content (AvgIpc) is 2.55. The summed E-state index contributed by atoms with van der Waals surface area (Å²) in [5.41, 5.74) is 0.808. The molecule has 1 N–H and O–H groups in total. The van der Waals surface area contributed by atoms with Crippen molar-refractivity contribution < 1.29 is 14.3 Å². The molecule has 2 aromatic carbocycles. The molecule has 0 aliphatic heterocycles. The fourth-order valence-corrected chi connectivity index (χ4v) is 2.25. The molecule has 22 heavy (non-hydrogen) atoms. The van der Waals surface area contributed by atoms with Gasteiger partial charge in [-0.3, -0.25) is 0 Å². The fourth-order valence-electron chi connectivity index (χ4n) is 2.25. The second kappa shape index (κ2) is 8.36. The molecule has 0 radical (unpaired) electrons. The van der Waals surface area contributed by atoms with E-state index in [2.05, 4.69) is 5.32 Å². The molecule has 0 fully saturated rings. The van der Waals surface area contributed by atoms with E-state index >= 15 is 0 Å². The third kappa shape index (κ3) is 4.19. The number of fused-ring (bicyclic) bond motifs is 1. The van der Waals surface area contributed by atoms with Crippen molar-refractivity contribution in [1.29, 1.82) is 0 Å². The Balaban J connectivity index is 2.13. The summed E-state index contributed by atoms with van der Waals surface area (Å²) in [4.78, 5) is 14.2. The lowest BCUT2D eigenvalue weighted by atomic mass is 10.1. The maximum Gasteiger partial charge on any atom is 0.322 e. The first kappa shape index (κ1) is 16.3. The zero-order valence-electron chi connectivity index (χ0n) is 13.0. The molecule has 5 nitrogen and oxygen atoms in total. The Morgan fingerprint density at radius 1 is 1.00 bits per heavy atom. The van der Waals surface area contributed by atoms with Crippen LogP contribution in [0.5, 0.6) is 0 Å². The monoisotopic (exact) mass is 302 g/mol. The van der Waals surface area contributed by atoms with Crippen LogP contribution >= 0.6 is 0 Å². The number of hydrogen-bond donors (Lipinski definition) is 1. The molecule has 0 aliphatic rings. The Bertz CT molecular complexity index is 602. The van der Waals surface area contributed by atoms with Crippen LogP contribution in [0.15, 0.2) is 42.5 Å². The number of nitrogens with zero attached hydrogens (tertiary/aromatic N) is 1. The molecule has 0 atom stereocenters. The summed E-state index contributed by atoms with van der Waals surface area (Å²) in [6, 6.07) is 13.7. The number of hydrogen-bond acceptors (Lipinski definition) is 3. The zero-order chi connectivity index (χ0) is 15.8. The summed E-state index contributed by atoms with van der Waals surface area (Å²) in [5, 5.41) is 5.10. The van der Waals surface area contributed by atoms with E-state index in [1.807, 2.05) is 42.5 Å². The van der Waals surface area contributed by atoms with E-state index in [0.717, 1.165) is 16.5 Å². The third-order valence-electron chi connectivity index (χ3n) is 3.45. The number of amides is 2. The molecule has 5 heteroatoms. The van der Waals surface area contributed by atoms with Gasteiger partial charge in [0.2, 0.25) is 0 Å². The summed E-state index contributed by atoms with van der Waals surface area (Å²) in [6.07, 6.45) is 0. The summed E-state index contributed by atoms with van der Waals surface area (Å²) in [6.45, 7) is 2.03. The molecule has 2 aromatic rings. The van der Waals surface area contributed by atoms with Crippen LogP contribution < -0.4 is 5.32 Å². The molecular formula is C17H22N2O3. The topological polar surface area (TPSA) is 50.8 Å². The number of carbonyl (C=O) groups is 1. The van der Waals surface area contributed by atoms with Gasteiger partial charge in [0.05, 0.1) is 18.9 Å². The Kier molecular flexibility index (Phi) is 6.18. The quantitative estimate of drug-likeness (QED) is 0.855. The highest BCUT2D eigenvalue weighted by Crippen LogP contribution is 2.23. The average molecular weight is 302 g/mol. The number of methoxy groups -OCH3 is 2. The highest BCUT2D eigenvalue weighted by atomic mass is 16.5. The molecule has 0 spiro atoms. The SMILES string of the molecule is COCCN(CCOC)C(=O)Nc1cccc2ccccc12. The lowest BCUT2D eigenvalue weighted by molar-refractivity contribution is 0.127. The van der Waals surface area contributed by atoms with Crippen LogP contribution in [0, 0.1) is 0 Å². The van der Waals surface area contributed by atoms with E-state index in [1.165, 1.54) is 0 Å². The molecule has 118 valence electrons. The summed E-state index contributed by atoms with van der Waals surface area (Å²) in [7, 11) is 3.24. The molecule has 0 aliphatic carbocycles. The van der Waals surface area contributed by atoms with Gasteiger partial charge in [0, 0.05) is 32.7 Å². The second-order valence-electron chi connectivity index (χ2n) is 4.93. The highest BCUT2D eigenvalue weighted by molar-refractivity contribution is 6.01. The van der Waals surface area contributed by atoms with Crippen LogP contribution in [-0.2, 0) is 9.47 Å². The molecule has 2 amide bonds. The van der Waals surface area contributed by atoms with E-state index in [4.69, 9.17) is 9.47 Å². The van der Waals surface area contributed by atoms with Crippen molar-refractivity contribution in [1.82, 2.24) is 4.90 Å². The van der Waals surface area contributed by atoms with Crippen LogP contribution in [0.25, 0.3) is 10.8 Å². The van der Waals surface area contributed by atoms with E-state index < -0.39 is 0 Å². The van der Waals surface area contributed by atoms with Gasteiger partial charge in [-0.2, -0.15) is 0 Å². The maximum absolute atomic E-state index is 12.5. The van der Waals surface area contributed by atoms with Gasteiger partial charge in [0.1, 0.15) is 0 Å². The van der Waals surface area contributed by atoms with Crippen LogP contribution in [0.1, 0.15) is 0 Å². The van der Waals surface area contributed by atoms with Gasteiger partial charge in [-0.15, -0.1) is 0 Å². The smallest absolute Gasteiger partial charge is 0.322 e. The molecule has 0 heterocycles. The van der Waals surface area contributed by atoms with Crippen molar-refractivity contribution in [2.45, 2.75) is 0 Å². The number of anilines is 1. The number of urea groups is 1. The second-order valence-corrected chi connectivity index (χ2v) is 4.93. The number of benzene rings is 2. The molecule has 2 rings (SSSR count). The largest absolute Gasteiger partial charge is 0.383 e. The predicted octanol–water partition coefficient (Wildman–Crippen LogP) is 2.97. The standard InChI is InChI=1S/C17H22N2O3/c1-21-12-10-19(11-13-22-2)17(20)18-16-9-5-7-14-6-3-4-8-15(14)16/h3-9H,10-13H2,1-2H3,(H,18,20). The van der Waals surface area contributed by atoms with Gasteiger partial charge in [0.25, 0.3) is 0 Å². The van der Waals surface area contributed by atoms with Crippen molar-refractivity contribution in [3.8, 4) is 0 Å². The van der Waals surface area contributed by atoms with Crippen LogP contribution in [0.4, 0.5) is 10.5 Å². The first-order valence-electron chi connectivity index (χ1n) is 7.28. The third-order valence-corrected chi connectivity index (χ3v) is 3.45. The van der Waals surface area contributed by atoms with Crippen LogP contribution in [0.3, 0.4) is 0 Å². The Labute approximate surface area is 130 Å². The molecule has 0 bridgehead atoms. The first-order valence-corrected chi connectivity index (χ1v) is 7.28. The fraction of sp³-hybridized carbons (Fsp3) is 0.353. The molecule has 0 aromatic heterocycles. The van der Waals surface area contributed by atoms with E-state index in [0.29, 0.717) is 26.3 Å². The number of carbonyl (C=O) groups excluding carboxylic acids is 1. The molecule has 0 unspecified atom stereocenters. The van der Waals surface area contributed by atoms with Crippen molar-refractivity contribution in [2.75, 3.05) is 45.8 Å². The van der Waals surface area contributed by atoms with E-state index in [9.17, 15) is 4.79 Å². The molecule has 0 saturated heterocycles. The number of rotatable bonds is 7.